The van der Waals surface area contributed by atoms with Crippen molar-refractivity contribution in [2.45, 2.75) is 38.3 Å². The van der Waals surface area contributed by atoms with E-state index in [-0.39, 0.29) is 30.9 Å². The number of carbonyl (C=O) groups is 2. The number of aromatic nitrogens is 2. The van der Waals surface area contributed by atoms with Gasteiger partial charge in [0.2, 0.25) is 5.91 Å². The van der Waals surface area contributed by atoms with Gasteiger partial charge in [-0.1, -0.05) is 0 Å². The average Bonchev–Trinajstić information content (AvgIpc) is 2.92. The molecule has 3 heterocycles. The van der Waals surface area contributed by atoms with Crippen molar-refractivity contribution in [3.8, 4) is 0 Å². The maximum absolute atomic E-state index is 12.3. The summed E-state index contributed by atoms with van der Waals surface area (Å²) in [5.41, 5.74) is 1.54. The first kappa shape index (κ1) is 16.9. The van der Waals surface area contributed by atoms with Gasteiger partial charge >= 0.3 is 5.97 Å². The molecule has 0 aromatic carbocycles. The highest BCUT2D eigenvalue weighted by Crippen LogP contribution is 2.22. The molecule has 1 saturated heterocycles. The average molecular weight is 337 g/mol. The SMILES string of the molecule is Cn1nc(C(=O)O)c2c1CCN(C(=O)COC[C@@H]1CCCCO1)C2. The normalized spacial score (nSPS) is 20.7. The van der Waals surface area contributed by atoms with Crippen molar-refractivity contribution in [3.63, 3.8) is 0 Å². The summed E-state index contributed by atoms with van der Waals surface area (Å²) in [7, 11) is 1.73. The molecule has 8 heteroatoms. The van der Waals surface area contributed by atoms with E-state index in [1.807, 2.05) is 0 Å². The zero-order chi connectivity index (χ0) is 17.1. The molecule has 24 heavy (non-hydrogen) atoms. The molecule has 0 spiro atoms. The molecule has 1 amide bonds. The molecular weight excluding hydrogens is 314 g/mol. The van der Waals surface area contributed by atoms with Crippen molar-refractivity contribution in [2.75, 3.05) is 26.4 Å². The predicted octanol–water partition coefficient (Wildman–Crippen LogP) is 0.589. The number of fused-ring (bicyclic) bond motifs is 1. The number of ether oxygens (including phenoxy) is 2. The first-order valence-corrected chi connectivity index (χ1v) is 8.31. The zero-order valence-corrected chi connectivity index (χ0v) is 13.9. The predicted molar refractivity (Wildman–Crippen MR) is 83.7 cm³/mol. The Morgan fingerprint density at radius 3 is 2.96 bits per heavy atom. The van der Waals surface area contributed by atoms with Crippen molar-refractivity contribution in [1.82, 2.24) is 14.7 Å². The Bertz CT molecular complexity index is 621. The molecule has 1 aromatic heterocycles. The Morgan fingerprint density at radius 1 is 1.42 bits per heavy atom. The molecule has 0 bridgehead atoms. The van der Waals surface area contributed by atoms with Crippen molar-refractivity contribution in [1.29, 1.82) is 0 Å². The van der Waals surface area contributed by atoms with E-state index in [9.17, 15) is 14.7 Å². The number of nitrogens with zero attached hydrogens (tertiary/aromatic N) is 3. The summed E-state index contributed by atoms with van der Waals surface area (Å²) in [6, 6.07) is 0. The van der Waals surface area contributed by atoms with Gasteiger partial charge in [-0.3, -0.25) is 9.48 Å². The van der Waals surface area contributed by atoms with Crippen molar-refractivity contribution in [3.05, 3.63) is 17.0 Å². The highest BCUT2D eigenvalue weighted by atomic mass is 16.5. The summed E-state index contributed by atoms with van der Waals surface area (Å²) >= 11 is 0. The number of carboxylic acid groups (broad SMARTS) is 1. The van der Waals surface area contributed by atoms with Gasteiger partial charge in [0.1, 0.15) is 6.61 Å². The standard InChI is InChI=1S/C16H23N3O5/c1-18-13-5-6-19(8-12(13)15(17-18)16(21)22)14(20)10-23-9-11-4-2-3-7-24-11/h11H,2-10H2,1H3,(H,21,22)/t11-/m0/s1. The van der Waals surface area contributed by atoms with Crippen LogP contribution in [0.4, 0.5) is 0 Å². The fourth-order valence-corrected chi connectivity index (χ4v) is 3.28. The zero-order valence-electron chi connectivity index (χ0n) is 13.9. The van der Waals surface area contributed by atoms with E-state index in [1.54, 1.807) is 16.6 Å². The van der Waals surface area contributed by atoms with Gasteiger partial charge in [-0.05, 0) is 19.3 Å². The van der Waals surface area contributed by atoms with Crippen LogP contribution in [0.15, 0.2) is 0 Å². The summed E-state index contributed by atoms with van der Waals surface area (Å²) < 4.78 is 12.7. The highest BCUT2D eigenvalue weighted by molar-refractivity contribution is 5.88. The summed E-state index contributed by atoms with van der Waals surface area (Å²) in [5.74, 6) is -1.19. The molecule has 1 atom stereocenters. The number of hydrogen-bond acceptors (Lipinski definition) is 5. The lowest BCUT2D eigenvalue weighted by Gasteiger charge is -2.28. The lowest BCUT2D eigenvalue weighted by Crippen LogP contribution is -2.39. The maximum Gasteiger partial charge on any atom is 0.356 e. The fraction of sp³-hybridized carbons (Fsp3) is 0.688. The second-order valence-corrected chi connectivity index (χ2v) is 6.27. The highest BCUT2D eigenvalue weighted by Gasteiger charge is 2.29. The molecule has 8 nitrogen and oxygen atoms in total. The Balaban J connectivity index is 1.54. The van der Waals surface area contributed by atoms with Crippen LogP contribution in [0.5, 0.6) is 0 Å². The molecule has 1 N–H and O–H groups in total. The van der Waals surface area contributed by atoms with Crippen LogP contribution in [0.1, 0.15) is 41.0 Å². The smallest absolute Gasteiger partial charge is 0.356 e. The topological polar surface area (TPSA) is 93.9 Å². The molecule has 1 aromatic rings. The second kappa shape index (κ2) is 7.31. The Labute approximate surface area is 140 Å². The Hall–Kier alpha value is -1.93. The third-order valence-corrected chi connectivity index (χ3v) is 4.60. The Kier molecular flexibility index (Phi) is 5.15. The van der Waals surface area contributed by atoms with Crippen LogP contribution in [0.3, 0.4) is 0 Å². The Morgan fingerprint density at radius 2 is 2.25 bits per heavy atom. The van der Waals surface area contributed by atoms with Gasteiger partial charge in [0, 0.05) is 44.4 Å². The summed E-state index contributed by atoms with van der Waals surface area (Å²) in [5, 5.41) is 13.3. The minimum atomic E-state index is -1.06. The molecular formula is C16H23N3O5. The summed E-state index contributed by atoms with van der Waals surface area (Å²) in [6.45, 7) is 2.01. The third-order valence-electron chi connectivity index (χ3n) is 4.60. The molecule has 0 radical (unpaired) electrons. The first-order valence-electron chi connectivity index (χ1n) is 8.31. The van der Waals surface area contributed by atoms with Gasteiger partial charge in [0.05, 0.1) is 12.7 Å². The van der Waals surface area contributed by atoms with Gasteiger partial charge in [0.25, 0.3) is 0 Å². The molecule has 2 aliphatic rings. The minimum Gasteiger partial charge on any atom is -0.476 e. The van der Waals surface area contributed by atoms with E-state index in [0.717, 1.165) is 31.6 Å². The molecule has 0 unspecified atom stereocenters. The van der Waals surface area contributed by atoms with Gasteiger partial charge in [-0.2, -0.15) is 5.10 Å². The van der Waals surface area contributed by atoms with E-state index < -0.39 is 5.97 Å². The van der Waals surface area contributed by atoms with E-state index in [2.05, 4.69) is 5.10 Å². The molecule has 1 fully saturated rings. The molecule has 0 saturated carbocycles. The van der Waals surface area contributed by atoms with Gasteiger partial charge < -0.3 is 19.5 Å². The van der Waals surface area contributed by atoms with Crippen molar-refractivity contribution >= 4 is 11.9 Å². The largest absolute Gasteiger partial charge is 0.476 e. The van der Waals surface area contributed by atoms with Gasteiger partial charge in [-0.15, -0.1) is 0 Å². The van der Waals surface area contributed by atoms with E-state index in [1.165, 1.54) is 0 Å². The van der Waals surface area contributed by atoms with E-state index in [0.29, 0.717) is 25.1 Å². The lowest BCUT2D eigenvalue weighted by atomic mass is 10.1. The number of carbonyl (C=O) groups excluding carboxylic acids is 1. The van der Waals surface area contributed by atoms with E-state index in [4.69, 9.17) is 9.47 Å². The summed E-state index contributed by atoms with van der Waals surface area (Å²) in [4.78, 5) is 25.3. The fourth-order valence-electron chi connectivity index (χ4n) is 3.28. The lowest BCUT2D eigenvalue weighted by molar-refractivity contribution is -0.139. The monoisotopic (exact) mass is 337 g/mol. The molecule has 3 rings (SSSR count). The van der Waals surface area contributed by atoms with Crippen LogP contribution in [-0.4, -0.2) is 64.1 Å². The summed E-state index contributed by atoms with van der Waals surface area (Å²) in [6.07, 6.45) is 3.87. The van der Waals surface area contributed by atoms with Gasteiger partial charge in [-0.25, -0.2) is 4.79 Å². The van der Waals surface area contributed by atoms with Crippen LogP contribution in [0.25, 0.3) is 0 Å². The molecule has 2 aliphatic heterocycles. The van der Waals surface area contributed by atoms with Crippen LogP contribution in [0, 0.1) is 0 Å². The van der Waals surface area contributed by atoms with Crippen molar-refractivity contribution in [2.24, 2.45) is 7.05 Å². The van der Waals surface area contributed by atoms with E-state index >= 15 is 0 Å². The van der Waals surface area contributed by atoms with Crippen molar-refractivity contribution < 1.29 is 24.2 Å². The maximum atomic E-state index is 12.3. The number of carboxylic acids is 1. The number of aromatic carboxylic acids is 1. The number of rotatable bonds is 5. The van der Waals surface area contributed by atoms with Crippen LogP contribution in [0.2, 0.25) is 0 Å². The second-order valence-electron chi connectivity index (χ2n) is 6.27. The van der Waals surface area contributed by atoms with Crippen LogP contribution >= 0.6 is 0 Å². The molecule has 132 valence electrons. The van der Waals surface area contributed by atoms with Gasteiger partial charge in [0.15, 0.2) is 5.69 Å². The first-order chi connectivity index (χ1) is 11.6. The quantitative estimate of drug-likeness (QED) is 0.845. The number of amides is 1. The third kappa shape index (κ3) is 3.59. The molecule has 0 aliphatic carbocycles. The van der Waals surface area contributed by atoms with Crippen LogP contribution < -0.4 is 0 Å². The number of hydrogen-bond donors (Lipinski definition) is 1. The number of aryl methyl sites for hydroxylation is 1. The van der Waals surface area contributed by atoms with Crippen LogP contribution in [-0.2, 0) is 34.3 Å². The minimum absolute atomic E-state index is 0.00212.